The third-order valence-corrected chi connectivity index (χ3v) is 2.26. The van der Waals surface area contributed by atoms with E-state index in [0.717, 1.165) is 0 Å². The van der Waals surface area contributed by atoms with Crippen LogP contribution in [0.2, 0.25) is 0 Å². The van der Waals surface area contributed by atoms with E-state index in [1.54, 1.807) is 26.0 Å². The molecule has 0 unspecified atom stereocenters. The molecule has 4 nitrogen and oxygen atoms in total. The highest BCUT2D eigenvalue weighted by molar-refractivity contribution is 5.98. The number of rotatable bonds is 5. The summed E-state index contributed by atoms with van der Waals surface area (Å²) in [6.45, 7) is 7.31. The average Bonchev–Trinajstić information content (AvgIpc) is 2.36. The zero-order valence-electron chi connectivity index (χ0n) is 12.2. The number of nitrogens with zero attached hydrogens (tertiary/aromatic N) is 1. The summed E-state index contributed by atoms with van der Waals surface area (Å²) in [5.74, 6) is 0.00875. The Labute approximate surface area is 119 Å². The van der Waals surface area contributed by atoms with E-state index in [2.05, 4.69) is 0 Å². The van der Waals surface area contributed by atoms with Gasteiger partial charge in [-0.25, -0.2) is 4.79 Å². The van der Waals surface area contributed by atoms with Crippen LogP contribution >= 0.6 is 0 Å². The van der Waals surface area contributed by atoms with Crippen LogP contribution in [0.4, 0.5) is 0 Å². The van der Waals surface area contributed by atoms with Gasteiger partial charge in [0.05, 0.1) is 12.2 Å². The van der Waals surface area contributed by atoms with Crippen molar-refractivity contribution in [3.05, 3.63) is 35.4 Å². The minimum absolute atomic E-state index is 0.0118. The van der Waals surface area contributed by atoms with Crippen molar-refractivity contribution in [2.75, 3.05) is 0 Å². The summed E-state index contributed by atoms with van der Waals surface area (Å²) in [5.41, 5.74) is 0.636. The molecule has 0 bridgehead atoms. The molecule has 0 aromatic heterocycles. The summed E-state index contributed by atoms with van der Waals surface area (Å²) in [7, 11) is 0. The van der Waals surface area contributed by atoms with Crippen LogP contribution in [-0.2, 0) is 9.53 Å². The Bertz CT molecular complexity index is 539. The maximum absolute atomic E-state index is 11.8. The molecule has 4 heteroatoms. The van der Waals surface area contributed by atoms with E-state index in [-0.39, 0.29) is 17.8 Å². The zero-order valence-corrected chi connectivity index (χ0v) is 12.2. The van der Waals surface area contributed by atoms with E-state index in [9.17, 15) is 4.79 Å². The smallest absolute Gasteiger partial charge is 0.349 e. The molecule has 0 saturated carbocycles. The van der Waals surface area contributed by atoms with Crippen LogP contribution in [0.5, 0.6) is 5.75 Å². The van der Waals surface area contributed by atoms with Crippen molar-refractivity contribution in [3.63, 3.8) is 0 Å². The van der Waals surface area contributed by atoms with E-state index in [1.807, 2.05) is 32.0 Å². The Morgan fingerprint density at radius 1 is 1.20 bits per heavy atom. The summed E-state index contributed by atoms with van der Waals surface area (Å²) in [4.78, 5) is 11.8. The number of hydrogen-bond donors (Lipinski definition) is 0. The SMILES string of the molecule is CC(C)OC(=O)/C(C#N)=C/c1ccccc1OC(C)C. The van der Waals surface area contributed by atoms with Crippen LogP contribution < -0.4 is 4.74 Å². The van der Waals surface area contributed by atoms with Gasteiger partial charge in [0, 0.05) is 5.56 Å². The fourth-order valence-electron chi connectivity index (χ4n) is 1.53. The van der Waals surface area contributed by atoms with E-state index < -0.39 is 5.97 Å². The number of nitriles is 1. The summed E-state index contributed by atoms with van der Waals surface area (Å²) < 4.78 is 10.7. The number of carbonyl (C=O) groups excluding carboxylic acids is 1. The maximum Gasteiger partial charge on any atom is 0.349 e. The molecule has 0 aliphatic heterocycles. The van der Waals surface area contributed by atoms with Gasteiger partial charge in [-0.15, -0.1) is 0 Å². The van der Waals surface area contributed by atoms with Crippen molar-refractivity contribution in [1.82, 2.24) is 0 Å². The van der Waals surface area contributed by atoms with Gasteiger partial charge >= 0.3 is 5.97 Å². The second kappa shape index (κ2) is 7.34. The first-order valence-corrected chi connectivity index (χ1v) is 6.52. The average molecular weight is 273 g/mol. The summed E-state index contributed by atoms with van der Waals surface area (Å²) in [6, 6.07) is 9.12. The summed E-state index contributed by atoms with van der Waals surface area (Å²) in [6.07, 6.45) is 1.24. The normalized spacial score (nSPS) is 11.3. The Morgan fingerprint density at radius 3 is 2.40 bits per heavy atom. The molecule has 20 heavy (non-hydrogen) atoms. The number of benzene rings is 1. The molecule has 0 aliphatic rings. The number of hydrogen-bond acceptors (Lipinski definition) is 4. The highest BCUT2D eigenvalue weighted by Gasteiger charge is 2.13. The van der Waals surface area contributed by atoms with Crippen LogP contribution in [0.3, 0.4) is 0 Å². The highest BCUT2D eigenvalue weighted by Crippen LogP contribution is 2.22. The van der Waals surface area contributed by atoms with Crippen molar-refractivity contribution in [1.29, 1.82) is 5.26 Å². The summed E-state index contributed by atoms with van der Waals surface area (Å²) in [5, 5.41) is 9.08. The molecule has 0 fully saturated rings. The first-order chi connectivity index (χ1) is 9.43. The molecule has 106 valence electrons. The highest BCUT2D eigenvalue weighted by atomic mass is 16.5. The second-order valence-corrected chi connectivity index (χ2v) is 4.83. The Morgan fingerprint density at radius 2 is 1.85 bits per heavy atom. The molecule has 0 amide bonds. The molecule has 1 aromatic rings. The van der Waals surface area contributed by atoms with Crippen LogP contribution in [0, 0.1) is 11.3 Å². The standard InChI is InChI=1S/C16H19NO3/c1-11(2)19-15-8-6-5-7-13(15)9-14(10-17)16(18)20-12(3)4/h5-9,11-12H,1-4H3/b14-9+. The zero-order chi connectivity index (χ0) is 15.1. The lowest BCUT2D eigenvalue weighted by Gasteiger charge is -2.12. The predicted molar refractivity (Wildman–Crippen MR) is 77.0 cm³/mol. The molecule has 1 aromatic carbocycles. The molecule has 0 atom stereocenters. The largest absolute Gasteiger partial charge is 0.490 e. The van der Waals surface area contributed by atoms with Gasteiger partial charge in [0.2, 0.25) is 0 Å². The third kappa shape index (κ3) is 4.77. The fraction of sp³-hybridized carbons (Fsp3) is 0.375. The third-order valence-electron chi connectivity index (χ3n) is 2.26. The van der Waals surface area contributed by atoms with Crippen molar-refractivity contribution < 1.29 is 14.3 Å². The van der Waals surface area contributed by atoms with Gasteiger partial charge in [-0.05, 0) is 39.8 Å². The van der Waals surface area contributed by atoms with Crippen LogP contribution in [0.15, 0.2) is 29.8 Å². The van der Waals surface area contributed by atoms with Gasteiger partial charge in [-0.1, -0.05) is 18.2 Å². The van der Waals surface area contributed by atoms with Crippen LogP contribution in [0.1, 0.15) is 33.3 Å². The van der Waals surface area contributed by atoms with Gasteiger partial charge in [-0.3, -0.25) is 0 Å². The Hall–Kier alpha value is -2.28. The van der Waals surface area contributed by atoms with E-state index in [1.165, 1.54) is 6.08 Å². The quantitative estimate of drug-likeness (QED) is 0.469. The van der Waals surface area contributed by atoms with Gasteiger partial charge in [0.25, 0.3) is 0 Å². The molecule has 0 saturated heterocycles. The van der Waals surface area contributed by atoms with Gasteiger partial charge < -0.3 is 9.47 Å². The van der Waals surface area contributed by atoms with Crippen molar-refractivity contribution in [2.45, 2.75) is 39.9 Å². The van der Waals surface area contributed by atoms with Gasteiger partial charge in [0.15, 0.2) is 0 Å². The molecule has 0 radical (unpaired) electrons. The van der Waals surface area contributed by atoms with Crippen molar-refractivity contribution in [2.24, 2.45) is 0 Å². The Kier molecular flexibility index (Phi) is 5.79. The van der Waals surface area contributed by atoms with Crippen LogP contribution in [0.25, 0.3) is 6.08 Å². The minimum atomic E-state index is -0.623. The summed E-state index contributed by atoms with van der Waals surface area (Å²) >= 11 is 0. The van der Waals surface area contributed by atoms with Crippen LogP contribution in [-0.4, -0.2) is 18.2 Å². The monoisotopic (exact) mass is 273 g/mol. The first-order valence-electron chi connectivity index (χ1n) is 6.52. The number of carbonyl (C=O) groups is 1. The van der Waals surface area contributed by atoms with Crippen molar-refractivity contribution >= 4 is 12.0 Å². The molecular weight excluding hydrogens is 254 g/mol. The topological polar surface area (TPSA) is 59.3 Å². The number of esters is 1. The second-order valence-electron chi connectivity index (χ2n) is 4.83. The molecule has 0 spiro atoms. The first kappa shape index (κ1) is 15.8. The molecule has 0 N–H and O–H groups in total. The lowest BCUT2D eigenvalue weighted by molar-refractivity contribution is -0.142. The number of ether oxygens (including phenoxy) is 2. The van der Waals surface area contributed by atoms with E-state index in [0.29, 0.717) is 11.3 Å². The predicted octanol–water partition coefficient (Wildman–Crippen LogP) is 3.33. The minimum Gasteiger partial charge on any atom is -0.490 e. The van der Waals surface area contributed by atoms with E-state index in [4.69, 9.17) is 14.7 Å². The van der Waals surface area contributed by atoms with Crippen molar-refractivity contribution in [3.8, 4) is 11.8 Å². The maximum atomic E-state index is 11.8. The van der Waals surface area contributed by atoms with Gasteiger partial charge in [-0.2, -0.15) is 5.26 Å². The lowest BCUT2D eigenvalue weighted by atomic mass is 10.1. The lowest BCUT2D eigenvalue weighted by Crippen LogP contribution is -2.13. The molecule has 0 aliphatic carbocycles. The Balaban J connectivity index is 3.07. The molecular formula is C16H19NO3. The van der Waals surface area contributed by atoms with E-state index >= 15 is 0 Å². The van der Waals surface area contributed by atoms with Gasteiger partial charge in [0.1, 0.15) is 17.4 Å². The number of para-hydroxylation sites is 1. The molecule has 0 heterocycles. The fourth-order valence-corrected chi connectivity index (χ4v) is 1.53. The molecule has 1 rings (SSSR count).